The van der Waals surface area contributed by atoms with Gasteiger partial charge in [-0.1, -0.05) is 38.0 Å². The third-order valence-electron chi connectivity index (χ3n) is 2.03. The van der Waals surface area contributed by atoms with Gasteiger partial charge in [0.25, 0.3) is 0 Å². The van der Waals surface area contributed by atoms with Crippen LogP contribution in [-0.2, 0) is 9.59 Å². The van der Waals surface area contributed by atoms with Gasteiger partial charge in [0.05, 0.1) is 6.04 Å². The molecule has 0 aliphatic carbocycles. The van der Waals surface area contributed by atoms with Crippen molar-refractivity contribution in [2.45, 2.75) is 19.4 Å². The number of carbonyl (C=O) groups is 2. The van der Waals surface area contributed by atoms with Gasteiger partial charge in [-0.15, -0.1) is 0 Å². The van der Waals surface area contributed by atoms with E-state index in [0.29, 0.717) is 6.42 Å². The molecule has 86 valence electrons. The van der Waals surface area contributed by atoms with E-state index in [2.05, 4.69) is 25.1 Å². The number of ketones is 1. The van der Waals surface area contributed by atoms with Crippen LogP contribution in [0.2, 0.25) is 0 Å². The normalized spacial score (nSPS) is 12.4. The second-order valence-electron chi connectivity index (χ2n) is 3.26. The van der Waals surface area contributed by atoms with Crippen LogP contribution in [0.25, 0.3) is 0 Å². The Morgan fingerprint density at radius 2 is 1.88 bits per heavy atom. The molecule has 0 spiro atoms. The lowest BCUT2D eigenvalue weighted by atomic mass is 10.0. The van der Waals surface area contributed by atoms with Gasteiger partial charge in [0.15, 0.2) is 5.78 Å². The maximum atomic E-state index is 11.3. The number of carbonyl (C=O) groups excluding carboxylic acids is 2. The van der Waals surface area contributed by atoms with Crippen LogP contribution in [0.4, 0.5) is 0 Å². The molecule has 0 aliphatic rings. The van der Waals surface area contributed by atoms with Gasteiger partial charge in [-0.05, 0) is 25.0 Å². The molecule has 0 radical (unpaired) electrons. The summed E-state index contributed by atoms with van der Waals surface area (Å²) >= 11 is 0. The van der Waals surface area contributed by atoms with Crippen molar-refractivity contribution in [1.82, 2.24) is 5.32 Å². The van der Waals surface area contributed by atoms with Crippen molar-refractivity contribution in [2.24, 2.45) is 0 Å². The van der Waals surface area contributed by atoms with Crippen molar-refractivity contribution in [1.29, 1.82) is 0 Å². The van der Waals surface area contributed by atoms with Crippen molar-refractivity contribution < 1.29 is 9.59 Å². The van der Waals surface area contributed by atoms with E-state index in [4.69, 9.17) is 0 Å². The number of allylic oxidation sites excluding steroid dienone is 3. The third-order valence-corrected chi connectivity index (χ3v) is 2.03. The fourth-order valence-electron chi connectivity index (χ4n) is 1.13. The molecule has 16 heavy (non-hydrogen) atoms. The standard InChI is InChI=1S/C13H17NO2/c1-5-8-11(6-2)9-12(10(4)15)14-13(16)7-3/h5-8,12H,1-3,9H2,4H3,(H,14,16)/b11-8+/t12-/m0/s1. The molecule has 1 atom stereocenters. The Morgan fingerprint density at radius 3 is 2.25 bits per heavy atom. The molecule has 0 saturated carbocycles. The van der Waals surface area contributed by atoms with E-state index in [1.165, 1.54) is 6.92 Å². The summed E-state index contributed by atoms with van der Waals surface area (Å²) in [4.78, 5) is 22.4. The molecule has 0 aromatic heterocycles. The van der Waals surface area contributed by atoms with Gasteiger partial charge >= 0.3 is 0 Å². The fraction of sp³-hybridized carbons (Fsp3) is 0.231. The van der Waals surface area contributed by atoms with E-state index in [9.17, 15) is 9.59 Å². The molecule has 0 aromatic rings. The topological polar surface area (TPSA) is 46.2 Å². The molecular weight excluding hydrogens is 202 g/mol. The zero-order valence-electron chi connectivity index (χ0n) is 9.53. The van der Waals surface area contributed by atoms with Gasteiger partial charge in [-0.3, -0.25) is 9.59 Å². The van der Waals surface area contributed by atoms with Gasteiger partial charge in [0.1, 0.15) is 0 Å². The molecule has 0 saturated heterocycles. The van der Waals surface area contributed by atoms with Crippen LogP contribution in [0.15, 0.2) is 49.6 Å². The van der Waals surface area contributed by atoms with E-state index in [1.54, 1.807) is 18.2 Å². The summed E-state index contributed by atoms with van der Waals surface area (Å²) in [5, 5.41) is 2.56. The highest BCUT2D eigenvalue weighted by Gasteiger charge is 2.16. The molecule has 0 aliphatic heterocycles. The monoisotopic (exact) mass is 219 g/mol. The highest BCUT2D eigenvalue weighted by Crippen LogP contribution is 2.08. The summed E-state index contributed by atoms with van der Waals surface area (Å²) in [5.74, 6) is -0.464. The molecule has 0 aromatic carbocycles. The highest BCUT2D eigenvalue weighted by atomic mass is 16.2. The van der Waals surface area contributed by atoms with Crippen LogP contribution >= 0.6 is 0 Å². The summed E-state index contributed by atoms with van der Waals surface area (Å²) in [6, 6.07) is -0.547. The first-order valence-electron chi connectivity index (χ1n) is 4.92. The summed E-state index contributed by atoms with van der Waals surface area (Å²) in [6.45, 7) is 12.0. The number of rotatable bonds is 7. The van der Waals surface area contributed by atoms with Crippen LogP contribution in [0.3, 0.4) is 0 Å². The summed E-state index contributed by atoms with van der Waals surface area (Å²) in [7, 11) is 0. The average molecular weight is 219 g/mol. The van der Waals surface area contributed by atoms with Crippen LogP contribution in [-0.4, -0.2) is 17.7 Å². The minimum absolute atomic E-state index is 0.105. The first-order chi connectivity index (χ1) is 7.54. The Bertz CT molecular complexity index is 340. The van der Waals surface area contributed by atoms with Crippen molar-refractivity contribution in [3.8, 4) is 0 Å². The minimum Gasteiger partial charge on any atom is -0.342 e. The Kier molecular flexibility index (Phi) is 6.52. The summed E-state index contributed by atoms with van der Waals surface area (Å²) in [5.41, 5.74) is 0.847. The highest BCUT2D eigenvalue weighted by molar-refractivity contribution is 5.92. The van der Waals surface area contributed by atoms with Gasteiger partial charge in [0.2, 0.25) is 5.91 Å². The first kappa shape index (κ1) is 14.1. The maximum Gasteiger partial charge on any atom is 0.243 e. The van der Waals surface area contributed by atoms with Gasteiger partial charge in [-0.2, -0.15) is 0 Å². The predicted molar refractivity (Wildman–Crippen MR) is 65.9 cm³/mol. The number of nitrogens with one attached hydrogen (secondary N) is 1. The largest absolute Gasteiger partial charge is 0.342 e. The molecule has 3 heteroatoms. The van der Waals surface area contributed by atoms with E-state index < -0.39 is 6.04 Å². The van der Waals surface area contributed by atoms with Crippen LogP contribution in [0.5, 0.6) is 0 Å². The Morgan fingerprint density at radius 1 is 1.25 bits per heavy atom. The molecule has 1 amide bonds. The van der Waals surface area contributed by atoms with Crippen LogP contribution in [0, 0.1) is 0 Å². The second kappa shape index (κ2) is 7.40. The van der Waals surface area contributed by atoms with Crippen molar-refractivity contribution >= 4 is 11.7 Å². The number of hydrogen-bond donors (Lipinski definition) is 1. The SMILES string of the molecule is C=C/C=C(\C=C)C[C@H](NC(=O)C=C)C(C)=O. The summed E-state index contributed by atoms with van der Waals surface area (Å²) in [6.07, 6.45) is 6.55. The smallest absolute Gasteiger partial charge is 0.243 e. The molecule has 3 nitrogen and oxygen atoms in total. The Labute approximate surface area is 96.2 Å². The van der Waals surface area contributed by atoms with Gasteiger partial charge in [-0.25, -0.2) is 0 Å². The number of hydrogen-bond acceptors (Lipinski definition) is 2. The Balaban J connectivity index is 4.67. The molecule has 0 rings (SSSR count). The molecular formula is C13H17NO2. The van der Waals surface area contributed by atoms with Crippen LogP contribution < -0.4 is 5.32 Å². The number of Topliss-reactive ketones (excluding diaryl/α,β-unsaturated/α-hetero) is 1. The molecule has 0 unspecified atom stereocenters. The lowest BCUT2D eigenvalue weighted by molar-refractivity contribution is -0.124. The van der Waals surface area contributed by atoms with E-state index >= 15 is 0 Å². The fourth-order valence-corrected chi connectivity index (χ4v) is 1.13. The average Bonchev–Trinajstić information content (AvgIpc) is 2.26. The van der Waals surface area contributed by atoms with Crippen molar-refractivity contribution in [2.75, 3.05) is 0 Å². The first-order valence-corrected chi connectivity index (χ1v) is 4.92. The molecule has 1 N–H and O–H groups in total. The zero-order chi connectivity index (χ0) is 12.6. The van der Waals surface area contributed by atoms with Gasteiger partial charge in [0, 0.05) is 0 Å². The van der Waals surface area contributed by atoms with E-state index in [1.807, 2.05) is 0 Å². The predicted octanol–water partition coefficient (Wildman–Crippen LogP) is 1.93. The van der Waals surface area contributed by atoms with Gasteiger partial charge < -0.3 is 5.32 Å². The van der Waals surface area contributed by atoms with Crippen LogP contribution in [0.1, 0.15) is 13.3 Å². The Hall–Kier alpha value is -1.90. The van der Waals surface area contributed by atoms with E-state index in [-0.39, 0.29) is 11.7 Å². The van der Waals surface area contributed by atoms with Crippen molar-refractivity contribution in [3.05, 3.63) is 49.6 Å². The maximum absolute atomic E-state index is 11.3. The molecule has 0 fully saturated rings. The lowest BCUT2D eigenvalue weighted by Gasteiger charge is -2.15. The molecule has 0 bridgehead atoms. The third kappa shape index (κ3) is 5.10. The zero-order valence-corrected chi connectivity index (χ0v) is 9.53. The van der Waals surface area contributed by atoms with Crippen molar-refractivity contribution in [3.63, 3.8) is 0 Å². The molecule has 0 heterocycles. The summed E-state index contributed by atoms with van der Waals surface area (Å²) < 4.78 is 0. The second-order valence-corrected chi connectivity index (χ2v) is 3.26. The number of amides is 1. The van der Waals surface area contributed by atoms with E-state index in [0.717, 1.165) is 11.6 Å². The lowest BCUT2D eigenvalue weighted by Crippen LogP contribution is -2.39. The quantitative estimate of drug-likeness (QED) is 0.525. The minimum atomic E-state index is -0.547.